The molecule has 0 saturated heterocycles. The van der Waals surface area contributed by atoms with Gasteiger partial charge in [0.1, 0.15) is 0 Å². The summed E-state index contributed by atoms with van der Waals surface area (Å²) in [7, 11) is -4.47. The topological polar surface area (TPSA) is 74.6 Å². The van der Waals surface area contributed by atoms with Crippen LogP contribution in [0.1, 0.15) is 24.0 Å². The van der Waals surface area contributed by atoms with Gasteiger partial charge in [0.25, 0.3) is 10.1 Å². The van der Waals surface area contributed by atoms with Gasteiger partial charge in [-0.05, 0) is 29.2 Å². The third-order valence-electron chi connectivity index (χ3n) is 3.59. The fourth-order valence-electron chi connectivity index (χ4n) is 2.33. The molecule has 0 fully saturated rings. The number of rotatable bonds is 4. The maximum absolute atomic E-state index is 11.0. The Morgan fingerprint density at radius 3 is 2.19 bits per heavy atom. The Hall–Kier alpha value is -1.69. The lowest BCUT2D eigenvalue weighted by Crippen LogP contribution is -2.25. The van der Waals surface area contributed by atoms with Crippen LogP contribution in [0, 0.1) is 6.92 Å². The van der Waals surface area contributed by atoms with Gasteiger partial charge >= 0.3 is 0 Å². The normalized spacial score (nSPS) is 14.7. The van der Waals surface area contributed by atoms with Gasteiger partial charge in [-0.1, -0.05) is 55.5 Å². The number of hydrogen-bond donors (Lipinski definition) is 2. The van der Waals surface area contributed by atoms with Crippen molar-refractivity contribution >= 4 is 10.1 Å². The molecule has 2 aromatic carbocycles. The summed E-state index contributed by atoms with van der Waals surface area (Å²) in [5.74, 6) is -0.705. The number of aryl methyl sites for hydroxylation is 1. The van der Waals surface area contributed by atoms with E-state index in [1.807, 2.05) is 49.4 Å². The van der Waals surface area contributed by atoms with E-state index in [4.69, 9.17) is 4.55 Å². The minimum absolute atomic E-state index is 0.664. The van der Waals surface area contributed by atoms with E-state index in [1.165, 1.54) is 0 Å². The van der Waals surface area contributed by atoms with Gasteiger partial charge in [0.2, 0.25) is 0 Å². The van der Waals surface area contributed by atoms with Crippen LogP contribution >= 0.6 is 0 Å². The maximum Gasteiger partial charge on any atom is 0.292 e. The van der Waals surface area contributed by atoms with Gasteiger partial charge in [-0.25, -0.2) is 0 Å². The Morgan fingerprint density at radius 1 is 1.05 bits per heavy atom. The molecule has 2 rings (SSSR count). The van der Waals surface area contributed by atoms with E-state index in [0.717, 1.165) is 16.7 Å². The van der Waals surface area contributed by atoms with E-state index in [-0.39, 0.29) is 0 Å². The second-order valence-corrected chi connectivity index (χ2v) is 6.65. The second kappa shape index (κ2) is 5.97. The molecular formula is C16H18O4S. The smallest absolute Gasteiger partial charge is 0.292 e. The van der Waals surface area contributed by atoms with Gasteiger partial charge < -0.3 is 5.11 Å². The molecule has 2 aromatic rings. The lowest BCUT2D eigenvalue weighted by molar-refractivity contribution is 0.209. The van der Waals surface area contributed by atoms with Crippen molar-refractivity contribution in [3.05, 3.63) is 59.7 Å². The quantitative estimate of drug-likeness (QED) is 0.852. The molecular weight excluding hydrogens is 288 g/mol. The lowest BCUT2D eigenvalue weighted by atomic mass is 9.94. The molecule has 112 valence electrons. The Bertz CT molecular complexity index is 723. The van der Waals surface area contributed by atoms with Gasteiger partial charge in [0, 0.05) is 5.92 Å². The van der Waals surface area contributed by atoms with Crippen LogP contribution < -0.4 is 0 Å². The molecule has 0 amide bonds. The van der Waals surface area contributed by atoms with Crippen molar-refractivity contribution in [3.63, 3.8) is 0 Å². The van der Waals surface area contributed by atoms with E-state index in [2.05, 4.69) is 0 Å². The zero-order valence-electron chi connectivity index (χ0n) is 11.9. The standard InChI is InChI=1S/C16H18O4S/c1-11-10-14(12(2)16(17)21(18,19)20)8-9-15(11)13-6-4-3-5-7-13/h3-10,12,16-17H,1-2H3,(H,18,19,20). The van der Waals surface area contributed by atoms with Crippen LogP contribution in [-0.2, 0) is 10.1 Å². The van der Waals surface area contributed by atoms with Crippen molar-refractivity contribution < 1.29 is 18.1 Å². The average Bonchev–Trinajstić information content (AvgIpc) is 2.45. The minimum atomic E-state index is -4.47. The molecule has 0 aliphatic carbocycles. The van der Waals surface area contributed by atoms with Crippen molar-refractivity contribution in [1.82, 2.24) is 0 Å². The monoisotopic (exact) mass is 306 g/mol. The molecule has 0 aliphatic heterocycles. The van der Waals surface area contributed by atoms with Gasteiger partial charge in [-0.3, -0.25) is 4.55 Å². The number of benzene rings is 2. The number of hydrogen-bond acceptors (Lipinski definition) is 3. The van der Waals surface area contributed by atoms with E-state index >= 15 is 0 Å². The average molecular weight is 306 g/mol. The first-order valence-corrected chi connectivity index (χ1v) is 8.11. The molecule has 0 aromatic heterocycles. The SMILES string of the molecule is Cc1cc(C(C)C(O)S(=O)(=O)O)ccc1-c1ccccc1. The van der Waals surface area contributed by atoms with Gasteiger partial charge in [-0.2, -0.15) is 8.42 Å². The Labute approximate surface area is 124 Å². The summed E-state index contributed by atoms with van der Waals surface area (Å²) >= 11 is 0. The highest BCUT2D eigenvalue weighted by Crippen LogP contribution is 2.29. The highest BCUT2D eigenvalue weighted by atomic mass is 32.2. The third-order valence-corrected chi connectivity index (χ3v) is 4.61. The molecule has 0 aliphatic rings. The second-order valence-electron chi connectivity index (χ2n) is 5.13. The molecule has 0 heterocycles. The van der Waals surface area contributed by atoms with Crippen LogP contribution in [0.4, 0.5) is 0 Å². The van der Waals surface area contributed by atoms with Crippen LogP contribution in [0.2, 0.25) is 0 Å². The predicted molar refractivity (Wildman–Crippen MR) is 82.6 cm³/mol. The summed E-state index contributed by atoms with van der Waals surface area (Å²) in [5.41, 5.74) is 1.95. The lowest BCUT2D eigenvalue weighted by Gasteiger charge is -2.18. The zero-order valence-corrected chi connectivity index (χ0v) is 12.7. The molecule has 2 N–H and O–H groups in total. The molecule has 0 saturated carbocycles. The van der Waals surface area contributed by atoms with Crippen LogP contribution in [0.3, 0.4) is 0 Å². The van der Waals surface area contributed by atoms with Crippen molar-refractivity contribution in [2.24, 2.45) is 0 Å². The first-order valence-electron chi connectivity index (χ1n) is 6.61. The summed E-state index contributed by atoms with van der Waals surface area (Å²) in [6, 6.07) is 15.3. The highest BCUT2D eigenvalue weighted by molar-refractivity contribution is 7.86. The van der Waals surface area contributed by atoms with Crippen molar-refractivity contribution in [1.29, 1.82) is 0 Å². The van der Waals surface area contributed by atoms with Crippen LogP contribution in [-0.4, -0.2) is 23.5 Å². The fourth-order valence-corrected chi connectivity index (χ4v) is 3.01. The maximum atomic E-state index is 11.0. The molecule has 21 heavy (non-hydrogen) atoms. The molecule has 0 bridgehead atoms. The fraction of sp³-hybridized carbons (Fsp3) is 0.250. The van der Waals surface area contributed by atoms with Gasteiger partial charge in [0.05, 0.1) is 0 Å². The highest BCUT2D eigenvalue weighted by Gasteiger charge is 2.27. The summed E-state index contributed by atoms with van der Waals surface area (Å²) in [6.07, 6.45) is 0. The third kappa shape index (κ3) is 3.50. The van der Waals surface area contributed by atoms with Crippen molar-refractivity contribution in [2.75, 3.05) is 0 Å². The van der Waals surface area contributed by atoms with E-state index < -0.39 is 21.5 Å². The molecule has 5 heteroatoms. The Balaban J connectivity index is 2.36. The van der Waals surface area contributed by atoms with E-state index in [1.54, 1.807) is 13.0 Å². The zero-order chi connectivity index (χ0) is 15.6. The first-order chi connectivity index (χ1) is 9.80. The molecule has 0 spiro atoms. The predicted octanol–water partition coefficient (Wildman–Crippen LogP) is 2.97. The van der Waals surface area contributed by atoms with Crippen LogP contribution in [0.5, 0.6) is 0 Å². The van der Waals surface area contributed by atoms with E-state index in [9.17, 15) is 13.5 Å². The molecule has 0 radical (unpaired) electrons. The van der Waals surface area contributed by atoms with Crippen molar-refractivity contribution in [2.45, 2.75) is 25.2 Å². The van der Waals surface area contributed by atoms with Crippen LogP contribution in [0.15, 0.2) is 48.5 Å². The van der Waals surface area contributed by atoms with Gasteiger partial charge in [-0.15, -0.1) is 0 Å². The molecule has 2 atom stereocenters. The summed E-state index contributed by atoms with van der Waals surface area (Å²) in [5, 5.41) is 9.65. The molecule has 4 nitrogen and oxygen atoms in total. The summed E-state index contributed by atoms with van der Waals surface area (Å²) in [4.78, 5) is 0. The minimum Gasteiger partial charge on any atom is -0.375 e. The number of aliphatic hydroxyl groups is 1. The van der Waals surface area contributed by atoms with E-state index in [0.29, 0.717) is 5.56 Å². The first kappa shape index (κ1) is 15.7. The van der Waals surface area contributed by atoms with Gasteiger partial charge in [0.15, 0.2) is 5.44 Å². The van der Waals surface area contributed by atoms with Crippen molar-refractivity contribution in [3.8, 4) is 11.1 Å². The number of aliphatic hydroxyl groups excluding tert-OH is 1. The Morgan fingerprint density at radius 2 is 1.67 bits per heavy atom. The summed E-state index contributed by atoms with van der Waals surface area (Å²) in [6.45, 7) is 3.49. The molecule has 2 unspecified atom stereocenters. The largest absolute Gasteiger partial charge is 0.375 e. The van der Waals surface area contributed by atoms with Crippen LogP contribution in [0.25, 0.3) is 11.1 Å². The summed E-state index contributed by atoms with van der Waals surface area (Å²) < 4.78 is 31.0. The Kier molecular flexibility index (Phi) is 4.46.